The maximum Gasteiger partial charge on any atom is 0.265 e. The predicted octanol–water partition coefficient (Wildman–Crippen LogP) is 1.80. The van der Waals surface area contributed by atoms with E-state index in [1.807, 2.05) is 29.7 Å². The molecule has 0 aromatic carbocycles. The summed E-state index contributed by atoms with van der Waals surface area (Å²) in [5.41, 5.74) is 1.81. The first-order valence-electron chi connectivity index (χ1n) is 8.43. The van der Waals surface area contributed by atoms with E-state index in [-0.39, 0.29) is 5.91 Å². The average molecular weight is 348 g/mol. The van der Waals surface area contributed by atoms with Crippen molar-refractivity contribution in [1.82, 2.24) is 30.2 Å². The van der Waals surface area contributed by atoms with Crippen LogP contribution in [0.25, 0.3) is 0 Å². The van der Waals surface area contributed by atoms with Gasteiger partial charge in [0, 0.05) is 19.6 Å². The molecule has 1 N–H and O–H groups in total. The van der Waals surface area contributed by atoms with Gasteiger partial charge in [0.1, 0.15) is 4.88 Å². The molecule has 2 aromatic rings. The summed E-state index contributed by atoms with van der Waals surface area (Å²) in [6, 6.07) is 0.320. The normalized spacial score (nSPS) is 15.9. The molecule has 0 spiro atoms. The Hall–Kier alpha value is -1.80. The molecule has 0 saturated carbocycles. The van der Waals surface area contributed by atoms with Gasteiger partial charge in [0.15, 0.2) is 0 Å². The SMILES string of the molecule is CCc1nc(C)c(C(=O)N2CCC(n3cc(CNC)nn3)CC2)s1. The molecule has 3 rings (SSSR count). The third-order valence-electron chi connectivity index (χ3n) is 4.38. The second-order valence-corrected chi connectivity index (χ2v) is 7.20. The van der Waals surface area contributed by atoms with Gasteiger partial charge < -0.3 is 10.2 Å². The van der Waals surface area contributed by atoms with Gasteiger partial charge in [-0.1, -0.05) is 12.1 Å². The summed E-state index contributed by atoms with van der Waals surface area (Å²) in [5.74, 6) is 0.123. The van der Waals surface area contributed by atoms with Crippen molar-refractivity contribution in [3.63, 3.8) is 0 Å². The van der Waals surface area contributed by atoms with E-state index in [9.17, 15) is 4.79 Å². The van der Waals surface area contributed by atoms with Crippen molar-refractivity contribution >= 4 is 17.2 Å². The predicted molar refractivity (Wildman–Crippen MR) is 93.2 cm³/mol. The molecule has 2 aromatic heterocycles. The highest BCUT2D eigenvalue weighted by Gasteiger charge is 2.27. The monoisotopic (exact) mass is 348 g/mol. The fraction of sp³-hybridized carbons (Fsp3) is 0.625. The molecule has 1 saturated heterocycles. The molecule has 1 aliphatic rings. The second-order valence-electron chi connectivity index (χ2n) is 6.12. The van der Waals surface area contributed by atoms with E-state index in [2.05, 4.69) is 27.5 Å². The molecule has 0 unspecified atom stereocenters. The van der Waals surface area contributed by atoms with Crippen LogP contribution in [0.1, 0.15) is 51.9 Å². The van der Waals surface area contributed by atoms with Crippen LogP contribution in [0, 0.1) is 6.92 Å². The smallest absolute Gasteiger partial charge is 0.265 e. The van der Waals surface area contributed by atoms with E-state index < -0.39 is 0 Å². The van der Waals surface area contributed by atoms with Crippen molar-refractivity contribution in [3.8, 4) is 0 Å². The summed E-state index contributed by atoms with van der Waals surface area (Å²) < 4.78 is 1.95. The highest BCUT2D eigenvalue weighted by molar-refractivity contribution is 7.13. The number of hydrogen-bond acceptors (Lipinski definition) is 6. The molecule has 130 valence electrons. The molecular formula is C16H24N6OS. The zero-order valence-corrected chi connectivity index (χ0v) is 15.3. The number of rotatable bonds is 5. The lowest BCUT2D eigenvalue weighted by molar-refractivity contribution is 0.0693. The maximum atomic E-state index is 12.7. The molecule has 0 aliphatic carbocycles. The van der Waals surface area contributed by atoms with E-state index >= 15 is 0 Å². The van der Waals surface area contributed by atoms with Crippen LogP contribution in [-0.2, 0) is 13.0 Å². The Labute approximate surface area is 146 Å². The van der Waals surface area contributed by atoms with Gasteiger partial charge in [0.05, 0.1) is 28.6 Å². The Kier molecular flexibility index (Phi) is 5.25. The van der Waals surface area contributed by atoms with Crippen LogP contribution in [-0.4, -0.2) is 50.9 Å². The van der Waals surface area contributed by atoms with Crippen molar-refractivity contribution in [3.05, 3.63) is 27.5 Å². The maximum absolute atomic E-state index is 12.7. The Balaban J connectivity index is 1.61. The number of thiazole rings is 1. The summed E-state index contributed by atoms with van der Waals surface area (Å²) in [5, 5.41) is 12.5. The molecule has 1 amide bonds. The van der Waals surface area contributed by atoms with E-state index in [0.29, 0.717) is 6.04 Å². The van der Waals surface area contributed by atoms with Crippen LogP contribution in [0.5, 0.6) is 0 Å². The fourth-order valence-corrected chi connectivity index (χ4v) is 4.01. The second kappa shape index (κ2) is 7.40. The zero-order chi connectivity index (χ0) is 17.1. The lowest BCUT2D eigenvalue weighted by Crippen LogP contribution is -2.39. The molecule has 0 bridgehead atoms. The molecule has 3 heterocycles. The molecular weight excluding hydrogens is 324 g/mol. The van der Waals surface area contributed by atoms with Crippen molar-refractivity contribution in [1.29, 1.82) is 0 Å². The summed E-state index contributed by atoms with van der Waals surface area (Å²) in [6.45, 7) is 6.22. The Morgan fingerprint density at radius 1 is 1.42 bits per heavy atom. The molecule has 8 heteroatoms. The van der Waals surface area contributed by atoms with Crippen LogP contribution >= 0.6 is 11.3 Å². The number of aromatic nitrogens is 4. The van der Waals surface area contributed by atoms with Gasteiger partial charge in [-0.2, -0.15) is 0 Å². The molecule has 0 atom stereocenters. The van der Waals surface area contributed by atoms with E-state index in [4.69, 9.17) is 0 Å². The topological polar surface area (TPSA) is 75.9 Å². The first-order valence-corrected chi connectivity index (χ1v) is 9.25. The number of carbonyl (C=O) groups is 1. The minimum Gasteiger partial charge on any atom is -0.338 e. The Bertz CT molecular complexity index is 701. The molecule has 24 heavy (non-hydrogen) atoms. The van der Waals surface area contributed by atoms with Gasteiger partial charge in [0.25, 0.3) is 5.91 Å². The lowest BCUT2D eigenvalue weighted by Gasteiger charge is -2.31. The summed E-state index contributed by atoms with van der Waals surface area (Å²) >= 11 is 1.53. The van der Waals surface area contributed by atoms with Gasteiger partial charge >= 0.3 is 0 Å². The number of nitrogens with zero attached hydrogens (tertiary/aromatic N) is 5. The highest BCUT2D eigenvalue weighted by atomic mass is 32.1. The highest BCUT2D eigenvalue weighted by Crippen LogP contribution is 2.26. The van der Waals surface area contributed by atoms with Crippen LogP contribution < -0.4 is 5.32 Å². The number of hydrogen-bond donors (Lipinski definition) is 1. The summed E-state index contributed by atoms with van der Waals surface area (Å²) in [7, 11) is 1.90. The number of carbonyl (C=O) groups excluding carboxylic acids is 1. The Morgan fingerprint density at radius 3 is 2.79 bits per heavy atom. The van der Waals surface area contributed by atoms with E-state index in [0.717, 1.165) is 60.2 Å². The van der Waals surface area contributed by atoms with Gasteiger partial charge in [-0.25, -0.2) is 9.67 Å². The molecule has 1 aliphatic heterocycles. The first kappa shape index (κ1) is 17.0. The van der Waals surface area contributed by atoms with Crippen molar-refractivity contribution in [2.75, 3.05) is 20.1 Å². The van der Waals surface area contributed by atoms with E-state index in [1.165, 1.54) is 11.3 Å². The minimum absolute atomic E-state index is 0.123. The van der Waals surface area contributed by atoms with Crippen LogP contribution in [0.4, 0.5) is 0 Å². The van der Waals surface area contributed by atoms with Crippen LogP contribution in [0.2, 0.25) is 0 Å². The third kappa shape index (κ3) is 3.49. The van der Waals surface area contributed by atoms with Crippen LogP contribution in [0.3, 0.4) is 0 Å². The quantitative estimate of drug-likeness (QED) is 0.892. The van der Waals surface area contributed by atoms with Crippen LogP contribution in [0.15, 0.2) is 6.20 Å². The summed E-state index contributed by atoms with van der Waals surface area (Å²) in [6.07, 6.45) is 4.70. The fourth-order valence-electron chi connectivity index (χ4n) is 3.03. The molecule has 0 radical (unpaired) electrons. The van der Waals surface area contributed by atoms with Gasteiger partial charge in [-0.05, 0) is 33.2 Å². The lowest BCUT2D eigenvalue weighted by atomic mass is 10.0. The number of piperidine rings is 1. The minimum atomic E-state index is 0.123. The van der Waals surface area contributed by atoms with Gasteiger partial charge in [0.2, 0.25) is 0 Å². The standard InChI is InChI=1S/C16H24N6OS/c1-4-14-18-11(2)15(24-14)16(23)21-7-5-13(6-8-21)22-10-12(9-17-3)19-20-22/h10,13,17H,4-9H2,1-3H3. The summed E-state index contributed by atoms with van der Waals surface area (Å²) in [4.78, 5) is 19.9. The van der Waals surface area contributed by atoms with Crippen molar-refractivity contribution in [2.24, 2.45) is 0 Å². The Morgan fingerprint density at radius 2 is 2.17 bits per heavy atom. The van der Waals surface area contributed by atoms with Crippen molar-refractivity contribution < 1.29 is 4.79 Å². The van der Waals surface area contributed by atoms with Gasteiger partial charge in [-0.3, -0.25) is 4.79 Å². The zero-order valence-electron chi connectivity index (χ0n) is 14.4. The molecule has 1 fully saturated rings. The van der Waals surface area contributed by atoms with Crippen molar-refractivity contribution in [2.45, 2.75) is 45.7 Å². The largest absolute Gasteiger partial charge is 0.338 e. The molecule has 7 nitrogen and oxygen atoms in total. The number of aryl methyl sites for hydroxylation is 2. The average Bonchev–Trinajstić information content (AvgIpc) is 3.21. The van der Waals surface area contributed by atoms with E-state index in [1.54, 1.807) is 0 Å². The van der Waals surface area contributed by atoms with Gasteiger partial charge in [-0.15, -0.1) is 16.4 Å². The number of likely N-dealkylation sites (tertiary alicyclic amines) is 1. The third-order valence-corrected chi connectivity index (χ3v) is 5.67. The number of amides is 1. The number of nitrogens with one attached hydrogen (secondary N) is 1. The first-order chi connectivity index (χ1) is 11.6.